The lowest BCUT2D eigenvalue weighted by molar-refractivity contribution is -0.0643. The molecule has 1 saturated heterocycles. The van der Waals surface area contributed by atoms with Gasteiger partial charge in [0.2, 0.25) is 5.88 Å². The highest BCUT2D eigenvalue weighted by molar-refractivity contribution is 5.88. The molecule has 2 fully saturated rings. The van der Waals surface area contributed by atoms with E-state index in [1.807, 2.05) is 13.8 Å². The summed E-state index contributed by atoms with van der Waals surface area (Å²) in [6.07, 6.45) is 1.01. The van der Waals surface area contributed by atoms with Gasteiger partial charge in [0.1, 0.15) is 17.5 Å². The summed E-state index contributed by atoms with van der Waals surface area (Å²) < 4.78 is 51.6. The maximum Gasteiger partial charge on any atom is 0.276 e. The molecule has 2 aromatic heterocycles. The Kier molecular flexibility index (Phi) is 6.91. The average molecular weight is 539 g/mol. The Morgan fingerprint density at radius 3 is 2.54 bits per heavy atom. The fraction of sp³-hybridized carbons (Fsp3) is 0.517. The van der Waals surface area contributed by atoms with Gasteiger partial charge in [-0.3, -0.25) is 0 Å². The van der Waals surface area contributed by atoms with Gasteiger partial charge in [-0.1, -0.05) is 18.2 Å². The summed E-state index contributed by atoms with van der Waals surface area (Å²) >= 11 is 0. The molecule has 0 amide bonds. The van der Waals surface area contributed by atoms with Gasteiger partial charge in [-0.15, -0.1) is 0 Å². The lowest BCUT2D eigenvalue weighted by Gasteiger charge is -2.43. The second-order valence-electron chi connectivity index (χ2n) is 11.1. The Labute approximate surface area is 226 Å². The van der Waals surface area contributed by atoms with Crippen molar-refractivity contribution in [2.45, 2.75) is 70.4 Å². The van der Waals surface area contributed by atoms with Crippen LogP contribution in [0.1, 0.15) is 68.6 Å². The summed E-state index contributed by atoms with van der Waals surface area (Å²) in [5, 5.41) is 13.5. The van der Waals surface area contributed by atoms with Crippen LogP contribution in [0, 0.1) is 30.0 Å². The average Bonchev–Trinajstić information content (AvgIpc) is 3.66. The molecule has 5 rings (SSSR count). The summed E-state index contributed by atoms with van der Waals surface area (Å²) in [6.45, 7) is 8.68. The molecule has 0 unspecified atom stereocenters. The number of rotatable bonds is 9. The summed E-state index contributed by atoms with van der Waals surface area (Å²) in [4.78, 5) is 15.6. The normalized spacial score (nSPS) is 18.1. The van der Waals surface area contributed by atoms with E-state index in [1.165, 1.54) is 25.3 Å². The van der Waals surface area contributed by atoms with E-state index in [4.69, 9.17) is 4.74 Å². The highest BCUT2D eigenvalue weighted by Gasteiger charge is 2.48. The Morgan fingerprint density at radius 2 is 1.92 bits per heavy atom. The maximum atomic E-state index is 15.6. The van der Waals surface area contributed by atoms with Gasteiger partial charge in [0.25, 0.3) is 5.92 Å². The predicted molar refractivity (Wildman–Crippen MR) is 142 cm³/mol. The number of benzene rings is 1. The zero-order valence-corrected chi connectivity index (χ0v) is 22.9. The monoisotopic (exact) mass is 538 g/mol. The number of methoxy groups -OCH3 is 1. The van der Waals surface area contributed by atoms with E-state index in [1.54, 1.807) is 19.9 Å². The minimum Gasteiger partial charge on any atom is -0.481 e. The summed E-state index contributed by atoms with van der Waals surface area (Å²) in [5.41, 5.74) is -0.115. The van der Waals surface area contributed by atoms with Crippen LogP contribution < -0.4 is 10.1 Å². The van der Waals surface area contributed by atoms with Crippen molar-refractivity contribution in [2.24, 2.45) is 5.92 Å². The molecule has 1 N–H and O–H groups in total. The van der Waals surface area contributed by atoms with Crippen molar-refractivity contribution >= 4 is 16.9 Å². The van der Waals surface area contributed by atoms with E-state index in [0.29, 0.717) is 66.1 Å². The minimum absolute atomic E-state index is 0.117. The lowest BCUT2D eigenvalue weighted by Crippen LogP contribution is -2.51. The van der Waals surface area contributed by atoms with Gasteiger partial charge in [-0.25, -0.2) is 23.1 Å². The molecule has 1 atom stereocenters. The smallest absolute Gasteiger partial charge is 0.276 e. The van der Waals surface area contributed by atoms with Gasteiger partial charge in [-0.2, -0.15) is 10.2 Å². The molecule has 0 bridgehead atoms. The third kappa shape index (κ3) is 5.00. The van der Waals surface area contributed by atoms with Gasteiger partial charge >= 0.3 is 0 Å². The molecule has 206 valence electrons. The van der Waals surface area contributed by atoms with Crippen molar-refractivity contribution in [3.63, 3.8) is 0 Å². The topological polar surface area (TPSA) is 87.0 Å². The van der Waals surface area contributed by atoms with Crippen molar-refractivity contribution in [2.75, 3.05) is 25.5 Å². The summed E-state index contributed by atoms with van der Waals surface area (Å²) in [6, 6.07) is 7.93. The van der Waals surface area contributed by atoms with Crippen LogP contribution in [0.25, 0.3) is 11.0 Å². The van der Waals surface area contributed by atoms with Crippen molar-refractivity contribution < 1.29 is 17.9 Å². The number of fused-ring (bicyclic) bond motifs is 1. The van der Waals surface area contributed by atoms with E-state index < -0.39 is 28.8 Å². The van der Waals surface area contributed by atoms with E-state index in [9.17, 15) is 5.26 Å². The summed E-state index contributed by atoms with van der Waals surface area (Å²) in [5.74, 6) is -3.22. The number of nitrogens with one attached hydrogen (secondary N) is 1. The predicted octanol–water partition coefficient (Wildman–Crippen LogP) is 6.03. The number of halogens is 3. The number of ether oxygens (including phenoxy) is 1. The van der Waals surface area contributed by atoms with Crippen LogP contribution in [0.5, 0.6) is 5.88 Å². The van der Waals surface area contributed by atoms with Crippen molar-refractivity contribution in [3.05, 3.63) is 52.6 Å². The molecule has 1 saturated carbocycles. The minimum atomic E-state index is -3.28. The quantitative estimate of drug-likeness (QED) is 0.356. The van der Waals surface area contributed by atoms with E-state index in [-0.39, 0.29) is 17.9 Å². The highest BCUT2D eigenvalue weighted by atomic mass is 19.3. The first-order valence-corrected chi connectivity index (χ1v) is 13.3. The zero-order valence-electron chi connectivity index (χ0n) is 22.9. The van der Waals surface area contributed by atoms with Crippen molar-refractivity contribution in [3.8, 4) is 11.9 Å². The van der Waals surface area contributed by atoms with E-state index in [2.05, 4.69) is 31.2 Å². The van der Waals surface area contributed by atoms with Crippen molar-refractivity contribution in [1.82, 2.24) is 19.9 Å². The fourth-order valence-electron chi connectivity index (χ4n) is 5.40. The SMILES string of the molecule is COc1nc2nc(C)nc(N[C@H](C)c3cccc(C(F)(F)CC4CN(C(C)C)C4)c3F)c2cc1C1(C#N)CC1. The molecule has 3 aromatic rings. The Morgan fingerprint density at radius 1 is 1.21 bits per heavy atom. The Balaban J connectivity index is 1.44. The third-order valence-electron chi connectivity index (χ3n) is 7.94. The highest BCUT2D eigenvalue weighted by Crippen LogP contribution is 2.51. The van der Waals surface area contributed by atoms with Gasteiger partial charge in [0.05, 0.1) is 35.6 Å². The number of nitriles is 1. The molecular formula is C29H33F3N6O. The number of anilines is 1. The third-order valence-corrected chi connectivity index (χ3v) is 7.94. The molecule has 39 heavy (non-hydrogen) atoms. The van der Waals surface area contributed by atoms with Crippen LogP contribution in [-0.4, -0.2) is 46.1 Å². The van der Waals surface area contributed by atoms with Gasteiger partial charge in [0.15, 0.2) is 5.65 Å². The number of aromatic nitrogens is 3. The van der Waals surface area contributed by atoms with Crippen molar-refractivity contribution in [1.29, 1.82) is 5.26 Å². The second-order valence-corrected chi connectivity index (χ2v) is 11.1. The standard InChI is InChI=1S/C29H33F3N6O/c1-16(2)38-13-19(14-38)12-29(31,32)22-8-6-7-20(24(22)30)17(3)34-25-21-11-23(28(15-33)9-10-28)27(39-5)37-26(21)36-18(4)35-25/h6-8,11,16-17,19H,9-10,12-14H2,1-5H3,(H,34,35,36,37)/t17-/m1/s1. The number of alkyl halides is 2. The van der Waals surface area contributed by atoms with Crippen LogP contribution in [0.3, 0.4) is 0 Å². The number of nitrogens with zero attached hydrogens (tertiary/aromatic N) is 5. The van der Waals surface area contributed by atoms with Crippen LogP contribution in [0.2, 0.25) is 0 Å². The lowest BCUT2D eigenvalue weighted by atomic mass is 9.88. The largest absolute Gasteiger partial charge is 0.481 e. The second kappa shape index (κ2) is 9.94. The van der Waals surface area contributed by atoms with Gasteiger partial charge in [-0.05, 0) is 52.5 Å². The van der Waals surface area contributed by atoms with Crippen LogP contribution >= 0.6 is 0 Å². The molecule has 0 spiro atoms. The molecule has 10 heteroatoms. The first-order chi connectivity index (χ1) is 18.5. The molecular weight excluding hydrogens is 505 g/mol. The van der Waals surface area contributed by atoms with E-state index in [0.717, 1.165) is 0 Å². The molecule has 0 radical (unpaired) electrons. The molecule has 2 aliphatic rings. The molecule has 3 heterocycles. The van der Waals surface area contributed by atoms with Crippen LogP contribution in [0.15, 0.2) is 24.3 Å². The molecule has 1 aliphatic heterocycles. The Hall–Kier alpha value is -3.45. The maximum absolute atomic E-state index is 15.6. The zero-order chi connectivity index (χ0) is 28.1. The van der Waals surface area contributed by atoms with Gasteiger partial charge in [0, 0.05) is 36.7 Å². The first-order valence-electron chi connectivity index (χ1n) is 13.3. The fourth-order valence-corrected chi connectivity index (χ4v) is 5.40. The van der Waals surface area contributed by atoms with Crippen LogP contribution in [0.4, 0.5) is 19.0 Å². The number of pyridine rings is 1. The Bertz CT molecular complexity index is 1440. The van der Waals surface area contributed by atoms with E-state index >= 15 is 13.2 Å². The number of hydrogen-bond donors (Lipinski definition) is 1. The molecule has 1 aliphatic carbocycles. The summed E-state index contributed by atoms with van der Waals surface area (Å²) in [7, 11) is 1.50. The number of likely N-dealkylation sites (tertiary alicyclic amines) is 1. The van der Waals surface area contributed by atoms with Crippen LogP contribution in [-0.2, 0) is 11.3 Å². The number of aryl methyl sites for hydroxylation is 1. The molecule has 1 aromatic carbocycles. The first kappa shape index (κ1) is 27.1. The number of hydrogen-bond acceptors (Lipinski definition) is 7. The van der Waals surface area contributed by atoms with Gasteiger partial charge < -0.3 is 15.0 Å². The molecule has 7 nitrogen and oxygen atoms in total.